The standard InChI is InChI=1S/C22H34ClN3O3S/c1-5-25(6-2)13-9-10-16(3)24-21(28)19-15-30-22(26(19)20(27)14-29-4)17-11-7-8-12-18(17)23/h7-8,11-12,16,19,22H,5-6,9-10,13-15H2,1-4H3,(H,24,28). The molecule has 30 heavy (non-hydrogen) atoms. The molecule has 1 saturated heterocycles. The van der Waals surface area contributed by atoms with Crippen LogP contribution in [0.5, 0.6) is 0 Å². The van der Waals surface area contributed by atoms with Crippen LogP contribution >= 0.6 is 23.4 Å². The third kappa shape index (κ3) is 6.61. The van der Waals surface area contributed by atoms with Crippen LogP contribution in [0.4, 0.5) is 0 Å². The summed E-state index contributed by atoms with van der Waals surface area (Å²) in [7, 11) is 1.48. The molecular formula is C22H34ClN3O3S. The fraction of sp³-hybridized carbons (Fsp3) is 0.636. The Balaban J connectivity index is 2.04. The van der Waals surface area contributed by atoms with Crippen LogP contribution in [0.1, 0.15) is 44.6 Å². The SMILES string of the molecule is CCN(CC)CCCC(C)NC(=O)C1CSC(c2ccccc2Cl)N1C(=O)COC. The topological polar surface area (TPSA) is 61.9 Å². The minimum absolute atomic E-state index is 0.0526. The number of amides is 2. The van der Waals surface area contributed by atoms with Crippen molar-refractivity contribution in [1.29, 1.82) is 0 Å². The Morgan fingerprint density at radius 3 is 2.67 bits per heavy atom. The largest absolute Gasteiger partial charge is 0.375 e. The molecule has 2 rings (SSSR count). The second-order valence-corrected chi connectivity index (χ2v) is 9.06. The molecule has 0 spiro atoms. The van der Waals surface area contributed by atoms with Gasteiger partial charge in [-0.15, -0.1) is 11.8 Å². The Kier molecular flexibility index (Phi) is 10.4. The number of hydrogen-bond acceptors (Lipinski definition) is 5. The van der Waals surface area contributed by atoms with E-state index in [1.165, 1.54) is 7.11 Å². The Hall–Kier alpha value is -1.28. The zero-order valence-electron chi connectivity index (χ0n) is 18.4. The highest BCUT2D eigenvalue weighted by Crippen LogP contribution is 2.43. The van der Waals surface area contributed by atoms with Crippen molar-refractivity contribution in [3.8, 4) is 0 Å². The lowest BCUT2D eigenvalue weighted by molar-refractivity contribution is -0.143. The quantitative estimate of drug-likeness (QED) is 0.552. The maximum Gasteiger partial charge on any atom is 0.250 e. The summed E-state index contributed by atoms with van der Waals surface area (Å²) in [6, 6.07) is 6.98. The molecule has 3 unspecified atom stereocenters. The zero-order valence-corrected chi connectivity index (χ0v) is 20.0. The number of nitrogens with zero attached hydrogens (tertiary/aromatic N) is 2. The molecule has 1 heterocycles. The summed E-state index contributed by atoms with van der Waals surface area (Å²) in [5.74, 6) is 0.210. The van der Waals surface area contributed by atoms with Crippen molar-refractivity contribution < 1.29 is 14.3 Å². The Morgan fingerprint density at radius 2 is 2.03 bits per heavy atom. The summed E-state index contributed by atoms with van der Waals surface area (Å²) >= 11 is 7.94. The van der Waals surface area contributed by atoms with Crippen LogP contribution in [-0.4, -0.2) is 72.8 Å². The number of rotatable bonds is 11. The number of benzene rings is 1. The van der Waals surface area contributed by atoms with Crippen molar-refractivity contribution in [3.63, 3.8) is 0 Å². The van der Waals surface area contributed by atoms with Gasteiger partial charge in [-0.3, -0.25) is 9.59 Å². The number of methoxy groups -OCH3 is 1. The van der Waals surface area contributed by atoms with Crippen LogP contribution in [0.3, 0.4) is 0 Å². The van der Waals surface area contributed by atoms with Crippen LogP contribution in [0.25, 0.3) is 0 Å². The van der Waals surface area contributed by atoms with E-state index in [4.69, 9.17) is 16.3 Å². The van der Waals surface area contributed by atoms with Gasteiger partial charge in [-0.1, -0.05) is 43.6 Å². The monoisotopic (exact) mass is 455 g/mol. The Morgan fingerprint density at radius 1 is 1.33 bits per heavy atom. The third-order valence-electron chi connectivity index (χ3n) is 5.42. The predicted octanol–water partition coefficient (Wildman–Crippen LogP) is 3.56. The highest BCUT2D eigenvalue weighted by atomic mass is 35.5. The van der Waals surface area contributed by atoms with Crippen LogP contribution in [0, 0.1) is 0 Å². The average Bonchev–Trinajstić information content (AvgIpc) is 3.17. The molecule has 0 bridgehead atoms. The number of carbonyl (C=O) groups is 2. The number of thioether (sulfide) groups is 1. The lowest BCUT2D eigenvalue weighted by Gasteiger charge is -2.30. The first kappa shape index (κ1) is 25.0. The summed E-state index contributed by atoms with van der Waals surface area (Å²) in [6.45, 7) is 9.38. The van der Waals surface area contributed by atoms with Gasteiger partial charge in [0, 0.05) is 29.5 Å². The first-order valence-corrected chi connectivity index (χ1v) is 12.0. The maximum atomic E-state index is 13.0. The van der Waals surface area contributed by atoms with Gasteiger partial charge in [0.2, 0.25) is 11.8 Å². The molecule has 1 aliphatic heterocycles. The lowest BCUT2D eigenvalue weighted by atomic mass is 10.1. The van der Waals surface area contributed by atoms with E-state index in [1.807, 2.05) is 31.2 Å². The molecule has 1 aromatic carbocycles. The van der Waals surface area contributed by atoms with Gasteiger partial charge in [-0.2, -0.15) is 0 Å². The second-order valence-electron chi connectivity index (χ2n) is 7.54. The molecule has 168 valence electrons. The molecule has 0 aromatic heterocycles. The number of halogens is 1. The highest BCUT2D eigenvalue weighted by Gasteiger charge is 2.42. The van der Waals surface area contributed by atoms with Crippen molar-refractivity contribution in [2.75, 3.05) is 39.1 Å². The van der Waals surface area contributed by atoms with Crippen molar-refractivity contribution >= 4 is 35.2 Å². The fourth-order valence-corrected chi connectivity index (χ4v) is 5.49. The third-order valence-corrected chi connectivity index (χ3v) is 7.07. The summed E-state index contributed by atoms with van der Waals surface area (Å²) < 4.78 is 5.07. The van der Waals surface area contributed by atoms with E-state index in [9.17, 15) is 9.59 Å². The number of nitrogens with one attached hydrogen (secondary N) is 1. The summed E-state index contributed by atoms with van der Waals surface area (Å²) in [4.78, 5) is 29.9. The van der Waals surface area contributed by atoms with Gasteiger partial charge in [0.15, 0.2) is 0 Å². The van der Waals surface area contributed by atoms with Crippen LogP contribution in [-0.2, 0) is 14.3 Å². The molecule has 1 fully saturated rings. The van der Waals surface area contributed by atoms with Gasteiger partial charge < -0.3 is 19.9 Å². The number of hydrogen-bond donors (Lipinski definition) is 1. The minimum atomic E-state index is -0.538. The Bertz CT molecular complexity index is 702. The van der Waals surface area contributed by atoms with Gasteiger partial charge in [-0.05, 0) is 45.5 Å². The van der Waals surface area contributed by atoms with E-state index < -0.39 is 6.04 Å². The summed E-state index contributed by atoms with van der Waals surface area (Å²) in [6.07, 6.45) is 1.93. The molecule has 1 aliphatic rings. The predicted molar refractivity (Wildman–Crippen MR) is 124 cm³/mol. The molecule has 2 amide bonds. The first-order chi connectivity index (χ1) is 14.4. The van der Waals surface area contributed by atoms with Gasteiger partial charge in [-0.25, -0.2) is 0 Å². The summed E-state index contributed by atoms with van der Waals surface area (Å²) in [5, 5.41) is 3.40. The van der Waals surface area contributed by atoms with Crippen molar-refractivity contribution in [2.24, 2.45) is 0 Å². The maximum absolute atomic E-state index is 13.0. The number of ether oxygens (including phenoxy) is 1. The molecule has 3 atom stereocenters. The fourth-order valence-electron chi connectivity index (χ4n) is 3.70. The van der Waals surface area contributed by atoms with Crippen LogP contribution < -0.4 is 5.32 Å². The first-order valence-electron chi connectivity index (χ1n) is 10.6. The van der Waals surface area contributed by atoms with E-state index in [0.717, 1.165) is 38.0 Å². The molecule has 0 aliphatic carbocycles. The Labute approximate surface area is 189 Å². The zero-order chi connectivity index (χ0) is 22.1. The van der Waals surface area contributed by atoms with Gasteiger partial charge in [0.05, 0.1) is 0 Å². The van der Waals surface area contributed by atoms with E-state index in [0.29, 0.717) is 10.8 Å². The van der Waals surface area contributed by atoms with E-state index in [-0.39, 0.29) is 29.8 Å². The molecule has 6 nitrogen and oxygen atoms in total. The molecule has 1 N–H and O–H groups in total. The van der Waals surface area contributed by atoms with E-state index >= 15 is 0 Å². The average molecular weight is 456 g/mol. The van der Waals surface area contributed by atoms with Gasteiger partial charge in [0.25, 0.3) is 0 Å². The van der Waals surface area contributed by atoms with E-state index in [1.54, 1.807) is 16.7 Å². The second kappa shape index (κ2) is 12.5. The number of carbonyl (C=O) groups excluding carboxylic acids is 2. The van der Waals surface area contributed by atoms with Crippen LogP contribution in [0.2, 0.25) is 5.02 Å². The van der Waals surface area contributed by atoms with E-state index in [2.05, 4.69) is 24.1 Å². The smallest absolute Gasteiger partial charge is 0.250 e. The molecule has 1 aromatic rings. The molecule has 0 saturated carbocycles. The molecule has 8 heteroatoms. The minimum Gasteiger partial charge on any atom is -0.375 e. The van der Waals surface area contributed by atoms with Gasteiger partial charge >= 0.3 is 0 Å². The molecular weight excluding hydrogens is 422 g/mol. The van der Waals surface area contributed by atoms with Crippen LogP contribution in [0.15, 0.2) is 24.3 Å². The lowest BCUT2D eigenvalue weighted by Crippen LogP contribution is -2.50. The van der Waals surface area contributed by atoms with Crippen molar-refractivity contribution in [2.45, 2.75) is 51.1 Å². The van der Waals surface area contributed by atoms with Crippen molar-refractivity contribution in [1.82, 2.24) is 15.1 Å². The van der Waals surface area contributed by atoms with Crippen molar-refractivity contribution in [3.05, 3.63) is 34.9 Å². The molecule has 0 radical (unpaired) electrons. The highest BCUT2D eigenvalue weighted by molar-refractivity contribution is 7.99. The normalized spacial score (nSPS) is 19.9. The summed E-state index contributed by atoms with van der Waals surface area (Å²) in [5.41, 5.74) is 0.844. The van der Waals surface area contributed by atoms with Gasteiger partial charge in [0.1, 0.15) is 18.0 Å².